The van der Waals surface area contributed by atoms with Crippen molar-refractivity contribution in [2.24, 2.45) is 0 Å². The van der Waals surface area contributed by atoms with Gasteiger partial charge in [0.2, 0.25) is 0 Å². The molecule has 0 saturated heterocycles. The molecule has 0 aliphatic heterocycles. The van der Waals surface area contributed by atoms with Gasteiger partial charge in [-0.15, -0.1) is 0 Å². The Morgan fingerprint density at radius 2 is 1.64 bits per heavy atom. The van der Waals surface area contributed by atoms with E-state index in [1.807, 2.05) is 0 Å². The third-order valence-corrected chi connectivity index (χ3v) is 3.11. The van der Waals surface area contributed by atoms with Crippen LogP contribution in [0.1, 0.15) is 27.1 Å². The summed E-state index contributed by atoms with van der Waals surface area (Å²) in [6, 6.07) is 3.87. The molecule has 0 saturated carbocycles. The van der Waals surface area contributed by atoms with E-state index in [1.165, 1.54) is 39.5 Å². The molecule has 0 radical (unpaired) electrons. The smallest absolute Gasteiger partial charge is 0.339 e. The van der Waals surface area contributed by atoms with Crippen LogP contribution < -0.4 is 10.6 Å². The van der Waals surface area contributed by atoms with Crippen LogP contribution >= 0.6 is 0 Å². The molecule has 9 heteroatoms. The molecule has 2 N–H and O–H groups in total. The highest BCUT2D eigenvalue weighted by Gasteiger charge is 2.20. The minimum absolute atomic E-state index is 0.00399. The van der Waals surface area contributed by atoms with Crippen LogP contribution in [0.4, 0.5) is 5.69 Å². The number of carbonyl (C=O) groups is 4. The number of amides is 2. The Morgan fingerprint density at radius 1 is 0.960 bits per heavy atom. The molecule has 25 heavy (non-hydrogen) atoms. The summed E-state index contributed by atoms with van der Waals surface area (Å²) in [7, 11) is 3.89. The van der Waals surface area contributed by atoms with Crippen LogP contribution in [0.15, 0.2) is 18.2 Å². The first kappa shape index (κ1) is 20.1. The fourth-order valence-electron chi connectivity index (χ4n) is 1.86. The highest BCUT2D eigenvalue weighted by atomic mass is 16.5. The van der Waals surface area contributed by atoms with E-state index in [9.17, 15) is 19.2 Å². The van der Waals surface area contributed by atoms with Crippen LogP contribution in [0, 0.1) is 0 Å². The van der Waals surface area contributed by atoms with E-state index in [2.05, 4.69) is 20.1 Å². The number of benzene rings is 1. The van der Waals surface area contributed by atoms with Gasteiger partial charge in [-0.25, -0.2) is 9.59 Å². The van der Waals surface area contributed by atoms with E-state index < -0.39 is 23.8 Å². The monoisotopic (exact) mass is 352 g/mol. The van der Waals surface area contributed by atoms with Gasteiger partial charge in [0.05, 0.1) is 31.0 Å². The van der Waals surface area contributed by atoms with Gasteiger partial charge in [0.15, 0.2) is 0 Å². The molecule has 0 atom stereocenters. The summed E-state index contributed by atoms with van der Waals surface area (Å²) in [6.07, 6.45) is 0.542. The van der Waals surface area contributed by atoms with E-state index in [0.717, 1.165) is 0 Å². The van der Waals surface area contributed by atoms with E-state index in [4.69, 9.17) is 4.74 Å². The first-order valence-electron chi connectivity index (χ1n) is 7.33. The number of rotatable bonds is 7. The number of hydrogen-bond acceptors (Lipinski definition) is 7. The molecule has 1 aromatic carbocycles. The molecule has 1 aromatic rings. The summed E-state index contributed by atoms with van der Waals surface area (Å²) in [5.41, 5.74) is 0.0634. The number of ether oxygens (including phenoxy) is 3. The van der Waals surface area contributed by atoms with Crippen molar-refractivity contribution in [2.75, 3.05) is 39.8 Å². The molecule has 0 fully saturated rings. The van der Waals surface area contributed by atoms with Crippen LogP contribution in [0.5, 0.6) is 0 Å². The lowest BCUT2D eigenvalue weighted by Gasteiger charge is -2.11. The number of carbonyl (C=O) groups excluding carboxylic acids is 4. The third kappa shape index (κ3) is 5.88. The van der Waals surface area contributed by atoms with Gasteiger partial charge in [-0.2, -0.15) is 0 Å². The lowest BCUT2D eigenvalue weighted by atomic mass is 10.1. The van der Waals surface area contributed by atoms with Gasteiger partial charge in [0.25, 0.3) is 0 Å². The Bertz CT molecular complexity index is 658. The maximum atomic E-state index is 12.0. The van der Waals surface area contributed by atoms with Gasteiger partial charge >= 0.3 is 23.8 Å². The second-order valence-corrected chi connectivity index (χ2v) is 4.80. The van der Waals surface area contributed by atoms with E-state index in [1.54, 1.807) is 0 Å². The largest absolute Gasteiger partial charge is 0.465 e. The molecule has 0 aliphatic carbocycles. The zero-order chi connectivity index (χ0) is 18.8. The van der Waals surface area contributed by atoms with Crippen LogP contribution in [0.2, 0.25) is 0 Å². The zero-order valence-electron chi connectivity index (χ0n) is 14.2. The quantitative estimate of drug-likeness (QED) is 0.413. The first-order chi connectivity index (χ1) is 11.9. The fourth-order valence-corrected chi connectivity index (χ4v) is 1.86. The normalized spacial score (nSPS) is 9.88. The van der Waals surface area contributed by atoms with E-state index >= 15 is 0 Å². The van der Waals surface area contributed by atoms with E-state index in [0.29, 0.717) is 13.0 Å². The first-order valence-corrected chi connectivity index (χ1v) is 7.33. The van der Waals surface area contributed by atoms with Crippen molar-refractivity contribution in [3.8, 4) is 0 Å². The molecular formula is C16H20N2O7. The van der Waals surface area contributed by atoms with E-state index in [-0.39, 0.29) is 23.4 Å². The second kappa shape index (κ2) is 10.0. The van der Waals surface area contributed by atoms with Gasteiger partial charge in [-0.1, -0.05) is 0 Å². The molecule has 0 unspecified atom stereocenters. The molecule has 136 valence electrons. The van der Waals surface area contributed by atoms with Gasteiger partial charge in [0.1, 0.15) is 0 Å². The zero-order valence-corrected chi connectivity index (χ0v) is 14.2. The summed E-state index contributed by atoms with van der Waals surface area (Å²) in [5.74, 6) is -3.25. The minimum atomic E-state index is -0.982. The highest BCUT2D eigenvalue weighted by Crippen LogP contribution is 2.19. The summed E-state index contributed by atoms with van der Waals surface area (Å²) in [4.78, 5) is 47.1. The number of esters is 2. The van der Waals surface area contributed by atoms with Crippen molar-refractivity contribution in [3.63, 3.8) is 0 Å². The van der Waals surface area contributed by atoms with Crippen LogP contribution in [0.25, 0.3) is 0 Å². The maximum absolute atomic E-state index is 12.0. The predicted molar refractivity (Wildman–Crippen MR) is 87.3 cm³/mol. The van der Waals surface area contributed by atoms with Gasteiger partial charge in [-0.05, 0) is 24.6 Å². The van der Waals surface area contributed by atoms with Crippen molar-refractivity contribution in [3.05, 3.63) is 29.3 Å². The SMILES string of the molecule is COCCCNC(=O)C(=O)Nc1cc(C(=O)OC)ccc1C(=O)OC. The van der Waals surface area contributed by atoms with Crippen LogP contribution in [-0.2, 0) is 23.8 Å². The van der Waals surface area contributed by atoms with Crippen LogP contribution in [0.3, 0.4) is 0 Å². The van der Waals surface area contributed by atoms with Crippen molar-refractivity contribution in [1.82, 2.24) is 5.32 Å². The molecule has 0 aromatic heterocycles. The van der Waals surface area contributed by atoms with Gasteiger partial charge < -0.3 is 24.8 Å². The second-order valence-electron chi connectivity index (χ2n) is 4.80. The number of nitrogens with one attached hydrogen (secondary N) is 2. The average molecular weight is 352 g/mol. The molecule has 0 heterocycles. The maximum Gasteiger partial charge on any atom is 0.339 e. The van der Waals surface area contributed by atoms with Crippen molar-refractivity contribution < 1.29 is 33.4 Å². The Balaban J connectivity index is 2.92. The molecule has 2 amide bonds. The summed E-state index contributed by atoms with van der Waals surface area (Å²) in [5, 5.41) is 4.70. The van der Waals surface area contributed by atoms with Gasteiger partial charge in [0, 0.05) is 20.3 Å². The average Bonchev–Trinajstić information content (AvgIpc) is 2.63. The van der Waals surface area contributed by atoms with Crippen molar-refractivity contribution >= 4 is 29.4 Å². The summed E-state index contributed by atoms with van der Waals surface area (Å²) < 4.78 is 14.0. The number of methoxy groups -OCH3 is 3. The molecule has 0 spiro atoms. The topological polar surface area (TPSA) is 120 Å². The molecular weight excluding hydrogens is 332 g/mol. The Kier molecular flexibility index (Phi) is 8.07. The predicted octanol–water partition coefficient (Wildman–Crippen LogP) is 0.351. The standard InChI is InChI=1S/C16H20N2O7/c1-23-8-4-7-17-13(19)14(20)18-12-9-10(15(21)24-2)5-6-11(12)16(22)25-3/h5-6,9H,4,7-8H2,1-3H3,(H,17,19)(H,18,20). The third-order valence-electron chi connectivity index (χ3n) is 3.11. The number of hydrogen-bond donors (Lipinski definition) is 2. The Hall–Kier alpha value is -2.94. The molecule has 0 bridgehead atoms. The molecule has 1 rings (SSSR count). The van der Waals surface area contributed by atoms with Gasteiger partial charge in [-0.3, -0.25) is 9.59 Å². The van der Waals surface area contributed by atoms with Crippen LogP contribution in [-0.4, -0.2) is 58.2 Å². The molecule has 9 nitrogen and oxygen atoms in total. The summed E-state index contributed by atoms with van der Waals surface area (Å²) >= 11 is 0. The summed E-state index contributed by atoms with van der Waals surface area (Å²) in [6.45, 7) is 0.696. The highest BCUT2D eigenvalue weighted by molar-refractivity contribution is 6.40. The van der Waals surface area contributed by atoms with Crippen molar-refractivity contribution in [2.45, 2.75) is 6.42 Å². The minimum Gasteiger partial charge on any atom is -0.465 e. The Morgan fingerprint density at radius 3 is 2.24 bits per heavy atom. The number of anilines is 1. The Labute approximate surface area is 144 Å². The molecule has 0 aliphatic rings. The fraction of sp³-hybridized carbons (Fsp3) is 0.375. The van der Waals surface area contributed by atoms with Crippen molar-refractivity contribution in [1.29, 1.82) is 0 Å². The lowest BCUT2D eigenvalue weighted by Crippen LogP contribution is -2.36. The lowest BCUT2D eigenvalue weighted by molar-refractivity contribution is -0.136.